The van der Waals surface area contributed by atoms with Gasteiger partial charge in [-0.1, -0.05) is 55.0 Å². The van der Waals surface area contributed by atoms with Crippen molar-refractivity contribution in [2.45, 2.75) is 64.0 Å². The van der Waals surface area contributed by atoms with Crippen molar-refractivity contribution in [3.8, 4) is 11.1 Å². The van der Waals surface area contributed by atoms with Crippen LogP contribution in [0.4, 0.5) is 4.79 Å². The molecule has 2 aliphatic carbocycles. The molecular formula is C27H32N2O5. The summed E-state index contributed by atoms with van der Waals surface area (Å²) in [7, 11) is 0. The second-order valence-corrected chi connectivity index (χ2v) is 10.2. The predicted molar refractivity (Wildman–Crippen MR) is 128 cm³/mol. The quantitative estimate of drug-likeness (QED) is 0.561. The highest BCUT2D eigenvalue weighted by molar-refractivity contribution is 5.85. The van der Waals surface area contributed by atoms with Crippen LogP contribution in [-0.4, -0.2) is 41.3 Å². The Balaban J connectivity index is 1.40. The highest BCUT2D eigenvalue weighted by Crippen LogP contribution is 2.44. The van der Waals surface area contributed by atoms with Crippen molar-refractivity contribution in [3.05, 3.63) is 59.7 Å². The highest BCUT2D eigenvalue weighted by Gasteiger charge is 2.47. The molecule has 7 heteroatoms. The van der Waals surface area contributed by atoms with Gasteiger partial charge in [0, 0.05) is 17.5 Å². The van der Waals surface area contributed by atoms with Gasteiger partial charge in [-0.25, -0.2) is 4.79 Å². The zero-order chi connectivity index (χ0) is 24.5. The number of hydrogen-bond donors (Lipinski definition) is 3. The van der Waals surface area contributed by atoms with E-state index in [0.29, 0.717) is 12.8 Å². The van der Waals surface area contributed by atoms with E-state index >= 15 is 0 Å². The molecule has 2 aliphatic rings. The van der Waals surface area contributed by atoms with Crippen LogP contribution in [0.25, 0.3) is 11.1 Å². The maximum atomic E-state index is 13.1. The summed E-state index contributed by atoms with van der Waals surface area (Å²) < 4.78 is 5.67. The third-order valence-electron chi connectivity index (χ3n) is 7.16. The molecule has 180 valence electrons. The van der Waals surface area contributed by atoms with Gasteiger partial charge in [0.2, 0.25) is 5.91 Å². The summed E-state index contributed by atoms with van der Waals surface area (Å²) in [5.74, 6) is -1.26. The average molecular weight is 465 g/mol. The van der Waals surface area contributed by atoms with E-state index in [4.69, 9.17) is 9.84 Å². The number of amides is 2. The molecule has 4 rings (SSSR count). The van der Waals surface area contributed by atoms with Gasteiger partial charge in [0.25, 0.3) is 0 Å². The van der Waals surface area contributed by atoms with E-state index in [9.17, 15) is 14.4 Å². The lowest BCUT2D eigenvalue weighted by atomic mass is 9.82. The molecule has 7 nitrogen and oxygen atoms in total. The van der Waals surface area contributed by atoms with Crippen molar-refractivity contribution in [1.82, 2.24) is 10.6 Å². The molecule has 0 heterocycles. The number of carboxylic acids is 1. The first-order valence-electron chi connectivity index (χ1n) is 11.8. The Hall–Kier alpha value is -3.35. The van der Waals surface area contributed by atoms with Gasteiger partial charge in [-0.3, -0.25) is 9.59 Å². The minimum absolute atomic E-state index is 0.0340. The minimum Gasteiger partial charge on any atom is -0.481 e. The molecule has 1 saturated carbocycles. The van der Waals surface area contributed by atoms with Gasteiger partial charge in [0.1, 0.15) is 6.61 Å². The molecule has 34 heavy (non-hydrogen) atoms. The summed E-state index contributed by atoms with van der Waals surface area (Å²) in [5.41, 5.74) is 2.89. The number of ether oxygens (including phenoxy) is 1. The Morgan fingerprint density at radius 2 is 1.65 bits per heavy atom. The van der Waals surface area contributed by atoms with Crippen LogP contribution in [0.1, 0.15) is 63.5 Å². The van der Waals surface area contributed by atoms with Gasteiger partial charge in [0.05, 0.1) is 11.8 Å². The molecule has 2 aromatic rings. The summed E-state index contributed by atoms with van der Waals surface area (Å²) in [5, 5.41) is 14.9. The molecule has 0 saturated heterocycles. The first-order chi connectivity index (χ1) is 16.1. The van der Waals surface area contributed by atoms with Gasteiger partial charge in [-0.2, -0.15) is 0 Å². The maximum absolute atomic E-state index is 13.1. The smallest absolute Gasteiger partial charge is 0.407 e. The van der Waals surface area contributed by atoms with Crippen LogP contribution in [-0.2, 0) is 14.3 Å². The zero-order valence-corrected chi connectivity index (χ0v) is 19.9. The fourth-order valence-corrected chi connectivity index (χ4v) is 5.32. The lowest BCUT2D eigenvalue weighted by Crippen LogP contribution is -2.56. The van der Waals surface area contributed by atoms with E-state index in [2.05, 4.69) is 34.9 Å². The number of nitrogens with one attached hydrogen (secondary N) is 2. The Morgan fingerprint density at radius 1 is 1.06 bits per heavy atom. The van der Waals surface area contributed by atoms with Crippen LogP contribution in [0.2, 0.25) is 0 Å². The molecule has 2 unspecified atom stereocenters. The molecule has 2 atom stereocenters. The van der Waals surface area contributed by atoms with E-state index in [1.165, 1.54) is 0 Å². The van der Waals surface area contributed by atoms with Gasteiger partial charge in [-0.05, 0) is 55.9 Å². The van der Waals surface area contributed by atoms with Crippen molar-refractivity contribution in [1.29, 1.82) is 0 Å². The number of fused-ring (bicyclic) bond motifs is 3. The van der Waals surface area contributed by atoms with Crippen LogP contribution < -0.4 is 10.6 Å². The van der Waals surface area contributed by atoms with Crippen molar-refractivity contribution in [2.24, 2.45) is 5.41 Å². The topological polar surface area (TPSA) is 105 Å². The molecule has 2 aromatic carbocycles. The van der Waals surface area contributed by atoms with E-state index in [1.807, 2.05) is 31.2 Å². The largest absolute Gasteiger partial charge is 0.481 e. The number of benzene rings is 2. The second kappa shape index (κ2) is 9.12. The fraction of sp³-hybridized carbons (Fsp3) is 0.444. The van der Waals surface area contributed by atoms with Gasteiger partial charge >= 0.3 is 12.1 Å². The van der Waals surface area contributed by atoms with Crippen molar-refractivity contribution in [2.75, 3.05) is 6.61 Å². The molecule has 0 radical (unpaired) electrons. The molecule has 1 fully saturated rings. The van der Waals surface area contributed by atoms with E-state index in [0.717, 1.165) is 28.7 Å². The monoisotopic (exact) mass is 464 g/mol. The zero-order valence-electron chi connectivity index (χ0n) is 19.9. The summed E-state index contributed by atoms with van der Waals surface area (Å²) in [6.45, 7) is 5.40. The first-order valence-corrected chi connectivity index (χ1v) is 11.8. The summed E-state index contributed by atoms with van der Waals surface area (Å²) in [6.07, 6.45) is 1.33. The van der Waals surface area contributed by atoms with Crippen LogP contribution in [0.3, 0.4) is 0 Å². The van der Waals surface area contributed by atoms with Crippen LogP contribution in [0.5, 0.6) is 0 Å². The fourth-order valence-electron chi connectivity index (χ4n) is 5.32. The number of aliphatic carboxylic acids is 1. The van der Waals surface area contributed by atoms with E-state index in [-0.39, 0.29) is 30.9 Å². The number of alkyl carbamates (subject to hydrolysis) is 1. The summed E-state index contributed by atoms with van der Waals surface area (Å²) in [4.78, 5) is 37.0. The van der Waals surface area contributed by atoms with Crippen LogP contribution in [0.15, 0.2) is 48.5 Å². The van der Waals surface area contributed by atoms with Crippen molar-refractivity contribution < 1.29 is 24.2 Å². The third-order valence-corrected chi connectivity index (χ3v) is 7.16. The molecule has 2 amide bonds. The Morgan fingerprint density at radius 3 is 2.24 bits per heavy atom. The molecule has 0 spiro atoms. The number of carbonyl (C=O) groups excluding carboxylic acids is 2. The van der Waals surface area contributed by atoms with E-state index in [1.54, 1.807) is 13.8 Å². The second-order valence-electron chi connectivity index (χ2n) is 10.2. The molecule has 3 N–H and O–H groups in total. The minimum atomic E-state index is -0.977. The summed E-state index contributed by atoms with van der Waals surface area (Å²) >= 11 is 0. The number of carbonyl (C=O) groups is 3. The SMILES string of the molecule is CC(C)(CC(=O)O)NC(=O)C1(C)CCCC1NC(=O)OCC1c2ccccc2-c2ccccc21. The number of rotatable bonds is 7. The normalized spacial score (nSPS) is 21.4. The highest BCUT2D eigenvalue weighted by atomic mass is 16.5. The Bertz CT molecular complexity index is 1070. The maximum Gasteiger partial charge on any atom is 0.407 e. The number of carboxylic acid groups (broad SMARTS) is 1. The lowest BCUT2D eigenvalue weighted by Gasteiger charge is -2.35. The van der Waals surface area contributed by atoms with Gasteiger partial charge in [0.15, 0.2) is 0 Å². The Labute approximate surface area is 199 Å². The summed E-state index contributed by atoms with van der Waals surface area (Å²) in [6, 6.07) is 15.9. The predicted octanol–water partition coefficient (Wildman–Crippen LogP) is 4.45. The third kappa shape index (κ3) is 4.65. The first kappa shape index (κ1) is 23.8. The van der Waals surface area contributed by atoms with E-state index < -0.39 is 23.0 Å². The van der Waals surface area contributed by atoms with Crippen LogP contribution >= 0.6 is 0 Å². The molecule has 0 aromatic heterocycles. The lowest BCUT2D eigenvalue weighted by molar-refractivity contribution is -0.139. The van der Waals surface area contributed by atoms with Gasteiger partial charge < -0.3 is 20.5 Å². The van der Waals surface area contributed by atoms with Crippen molar-refractivity contribution >= 4 is 18.0 Å². The van der Waals surface area contributed by atoms with Crippen molar-refractivity contribution in [3.63, 3.8) is 0 Å². The Kier molecular flexibility index (Phi) is 6.39. The number of hydrogen-bond acceptors (Lipinski definition) is 4. The molecule has 0 bridgehead atoms. The molecule has 0 aliphatic heterocycles. The standard InChI is InChI=1S/C27H32N2O5/c1-26(2,15-23(30)31)29-24(32)27(3)14-8-13-22(27)28-25(33)34-16-21-19-11-6-4-9-17(19)18-10-5-7-12-20(18)21/h4-7,9-12,21-22H,8,13-16H2,1-3H3,(H,28,33)(H,29,32)(H,30,31). The average Bonchev–Trinajstić information content (AvgIpc) is 3.30. The van der Waals surface area contributed by atoms with Gasteiger partial charge in [-0.15, -0.1) is 0 Å². The van der Waals surface area contributed by atoms with Crippen LogP contribution in [0, 0.1) is 5.41 Å². The molecular weight excluding hydrogens is 432 g/mol.